The van der Waals surface area contributed by atoms with Crippen molar-refractivity contribution in [3.63, 3.8) is 0 Å². The van der Waals surface area contributed by atoms with Gasteiger partial charge in [-0.05, 0) is 18.2 Å². The van der Waals surface area contributed by atoms with E-state index < -0.39 is 0 Å². The number of hydrogen-bond donors (Lipinski definition) is 2. The van der Waals surface area contributed by atoms with Crippen molar-refractivity contribution in [2.45, 2.75) is 0 Å². The van der Waals surface area contributed by atoms with Gasteiger partial charge in [0.1, 0.15) is 17.2 Å². The first-order valence-electron chi connectivity index (χ1n) is 5.40. The van der Waals surface area contributed by atoms with Gasteiger partial charge in [-0.2, -0.15) is 0 Å². The van der Waals surface area contributed by atoms with E-state index in [1.54, 1.807) is 43.4 Å². The van der Waals surface area contributed by atoms with Crippen molar-refractivity contribution in [2.24, 2.45) is 0 Å². The molecule has 0 atom stereocenters. The molecule has 1 aromatic carbocycles. The number of benzene rings is 1. The Hall–Kier alpha value is -1.98. The third-order valence-electron chi connectivity index (χ3n) is 2.28. The molecule has 0 unspecified atom stereocenters. The summed E-state index contributed by atoms with van der Waals surface area (Å²) in [6.07, 6.45) is 1.52. The van der Waals surface area contributed by atoms with Gasteiger partial charge in [0, 0.05) is 31.1 Å². The minimum absolute atomic E-state index is 0. The Morgan fingerprint density at radius 1 is 1.20 bits per heavy atom. The molecule has 0 spiro atoms. The molecule has 0 radical (unpaired) electrons. The minimum atomic E-state index is -0.256. The number of nitrogens with two attached hydrogens (primary N) is 1. The molecule has 0 saturated heterocycles. The Morgan fingerprint density at radius 3 is 2.55 bits per heavy atom. The largest absolute Gasteiger partial charge is 0.457 e. The summed E-state index contributed by atoms with van der Waals surface area (Å²) in [7, 11) is 1.55. The van der Waals surface area contributed by atoms with E-state index >= 15 is 0 Å². The van der Waals surface area contributed by atoms with Gasteiger partial charge in [-0.15, -0.1) is 24.8 Å². The van der Waals surface area contributed by atoms with E-state index in [0.29, 0.717) is 22.9 Å². The topological polar surface area (TPSA) is 77.2 Å². The van der Waals surface area contributed by atoms with Gasteiger partial charge in [0.25, 0.3) is 5.91 Å². The first kappa shape index (κ1) is 18.0. The highest BCUT2D eigenvalue weighted by Crippen LogP contribution is 2.22. The van der Waals surface area contributed by atoms with Crippen LogP contribution in [0.2, 0.25) is 0 Å². The molecular weight excluding hydrogens is 301 g/mol. The molecule has 20 heavy (non-hydrogen) atoms. The van der Waals surface area contributed by atoms with Crippen LogP contribution in [0, 0.1) is 0 Å². The highest BCUT2D eigenvalue weighted by molar-refractivity contribution is 5.92. The maximum Gasteiger partial charge on any atom is 0.269 e. The molecule has 0 aliphatic rings. The number of pyridine rings is 1. The van der Waals surface area contributed by atoms with Gasteiger partial charge < -0.3 is 15.8 Å². The Morgan fingerprint density at radius 2 is 1.90 bits per heavy atom. The molecule has 0 bridgehead atoms. The van der Waals surface area contributed by atoms with Crippen LogP contribution in [0.4, 0.5) is 5.69 Å². The molecule has 3 N–H and O–H groups in total. The van der Waals surface area contributed by atoms with Crippen molar-refractivity contribution < 1.29 is 9.53 Å². The van der Waals surface area contributed by atoms with Gasteiger partial charge in [0.05, 0.1) is 0 Å². The molecule has 0 fully saturated rings. The fourth-order valence-corrected chi connectivity index (χ4v) is 1.44. The summed E-state index contributed by atoms with van der Waals surface area (Å²) >= 11 is 0. The Labute approximate surface area is 129 Å². The number of amides is 1. The zero-order valence-corrected chi connectivity index (χ0v) is 12.3. The van der Waals surface area contributed by atoms with Crippen LogP contribution in [0.3, 0.4) is 0 Å². The van der Waals surface area contributed by atoms with E-state index in [-0.39, 0.29) is 30.7 Å². The summed E-state index contributed by atoms with van der Waals surface area (Å²) in [6, 6.07) is 10.3. The smallest absolute Gasteiger partial charge is 0.269 e. The molecule has 0 aliphatic heterocycles. The van der Waals surface area contributed by atoms with Crippen LogP contribution in [-0.4, -0.2) is 17.9 Å². The summed E-state index contributed by atoms with van der Waals surface area (Å²) in [4.78, 5) is 15.4. The van der Waals surface area contributed by atoms with Crippen molar-refractivity contribution in [1.29, 1.82) is 0 Å². The van der Waals surface area contributed by atoms with E-state index in [4.69, 9.17) is 10.5 Å². The molecule has 0 aliphatic carbocycles. The van der Waals surface area contributed by atoms with Crippen molar-refractivity contribution in [3.8, 4) is 11.5 Å². The summed E-state index contributed by atoms with van der Waals surface area (Å²) in [6.45, 7) is 0. The number of ether oxygens (including phenoxy) is 1. The number of carbonyl (C=O) groups excluding carboxylic acids is 1. The lowest BCUT2D eigenvalue weighted by molar-refractivity contribution is 0.0958. The van der Waals surface area contributed by atoms with E-state index in [9.17, 15) is 4.79 Å². The van der Waals surface area contributed by atoms with Crippen LogP contribution in [0.25, 0.3) is 0 Å². The number of rotatable bonds is 3. The Bertz CT molecular complexity index is 579. The normalized spacial score (nSPS) is 8.85. The van der Waals surface area contributed by atoms with E-state index in [1.807, 2.05) is 0 Å². The van der Waals surface area contributed by atoms with Crippen LogP contribution < -0.4 is 15.8 Å². The lowest BCUT2D eigenvalue weighted by Gasteiger charge is -2.07. The highest BCUT2D eigenvalue weighted by atomic mass is 35.5. The predicted octanol–water partition coefficient (Wildman–Crippen LogP) is 2.66. The highest BCUT2D eigenvalue weighted by Gasteiger charge is 2.06. The number of aromatic nitrogens is 1. The van der Waals surface area contributed by atoms with Crippen LogP contribution in [0.15, 0.2) is 42.6 Å². The third-order valence-corrected chi connectivity index (χ3v) is 2.28. The molecule has 2 aromatic rings. The third kappa shape index (κ3) is 4.60. The Balaban J connectivity index is 0.00000180. The van der Waals surface area contributed by atoms with E-state index in [0.717, 1.165) is 0 Å². The number of carbonyl (C=O) groups is 1. The molecule has 108 valence electrons. The summed E-state index contributed by atoms with van der Waals surface area (Å²) in [5.74, 6) is 0.895. The standard InChI is InChI=1S/C13H13N3O2.2ClH/c1-15-13(17)12-8-11(5-6-16-12)18-10-4-2-3-9(14)7-10;;/h2-8H,14H2,1H3,(H,15,17);2*1H. The van der Waals surface area contributed by atoms with Gasteiger partial charge in [0.2, 0.25) is 0 Å². The second kappa shape index (κ2) is 8.24. The number of nitrogens with zero attached hydrogens (tertiary/aromatic N) is 1. The van der Waals surface area contributed by atoms with Gasteiger partial charge in [-0.25, -0.2) is 0 Å². The predicted molar refractivity (Wildman–Crippen MR) is 83.1 cm³/mol. The van der Waals surface area contributed by atoms with Gasteiger partial charge in [-0.1, -0.05) is 6.07 Å². The number of nitrogen functional groups attached to an aromatic ring is 1. The van der Waals surface area contributed by atoms with Gasteiger partial charge in [-0.3, -0.25) is 9.78 Å². The lowest BCUT2D eigenvalue weighted by atomic mass is 10.3. The van der Waals surface area contributed by atoms with E-state index in [2.05, 4.69) is 10.3 Å². The van der Waals surface area contributed by atoms with Crippen molar-refractivity contribution >= 4 is 36.4 Å². The van der Waals surface area contributed by atoms with Gasteiger partial charge >= 0.3 is 0 Å². The number of anilines is 1. The SMILES string of the molecule is CNC(=O)c1cc(Oc2cccc(N)c2)ccn1.Cl.Cl. The van der Waals surface area contributed by atoms with Crippen molar-refractivity contribution in [1.82, 2.24) is 10.3 Å². The quantitative estimate of drug-likeness (QED) is 0.854. The minimum Gasteiger partial charge on any atom is -0.457 e. The molecule has 7 heteroatoms. The van der Waals surface area contributed by atoms with Crippen molar-refractivity contribution in [3.05, 3.63) is 48.3 Å². The summed E-state index contributed by atoms with van der Waals surface area (Å²) in [5, 5.41) is 2.50. The second-order valence-corrected chi connectivity index (χ2v) is 3.63. The van der Waals surface area contributed by atoms with Gasteiger partial charge in [0.15, 0.2) is 0 Å². The van der Waals surface area contributed by atoms with Crippen LogP contribution >= 0.6 is 24.8 Å². The molecule has 0 saturated carbocycles. The second-order valence-electron chi connectivity index (χ2n) is 3.63. The molecule has 1 heterocycles. The number of nitrogens with one attached hydrogen (secondary N) is 1. The molecular formula is C13H15Cl2N3O2. The fraction of sp³-hybridized carbons (Fsp3) is 0.0769. The molecule has 1 aromatic heterocycles. The molecule has 2 rings (SSSR count). The first-order valence-corrected chi connectivity index (χ1v) is 5.40. The number of hydrogen-bond acceptors (Lipinski definition) is 4. The van der Waals surface area contributed by atoms with Crippen LogP contribution in [0.5, 0.6) is 11.5 Å². The monoisotopic (exact) mass is 315 g/mol. The van der Waals surface area contributed by atoms with E-state index in [1.165, 1.54) is 6.20 Å². The lowest BCUT2D eigenvalue weighted by Crippen LogP contribution is -2.18. The number of halogens is 2. The van der Waals surface area contributed by atoms with Crippen molar-refractivity contribution in [2.75, 3.05) is 12.8 Å². The molecule has 1 amide bonds. The summed E-state index contributed by atoms with van der Waals surface area (Å²) in [5.41, 5.74) is 6.58. The average molecular weight is 316 g/mol. The van der Waals surface area contributed by atoms with Crippen LogP contribution in [-0.2, 0) is 0 Å². The molecule has 5 nitrogen and oxygen atoms in total. The van der Waals surface area contributed by atoms with Crippen LogP contribution in [0.1, 0.15) is 10.5 Å². The first-order chi connectivity index (χ1) is 8.69. The maximum atomic E-state index is 11.4. The maximum absolute atomic E-state index is 11.4. The summed E-state index contributed by atoms with van der Waals surface area (Å²) < 4.78 is 5.59. The zero-order valence-electron chi connectivity index (χ0n) is 10.7. The average Bonchev–Trinajstić information content (AvgIpc) is 2.38. The zero-order chi connectivity index (χ0) is 13.0. The fourth-order valence-electron chi connectivity index (χ4n) is 1.44. The Kier molecular flexibility index (Phi) is 7.43.